The van der Waals surface area contributed by atoms with Gasteiger partial charge in [-0.25, -0.2) is 0 Å². The number of nitrogens with zero attached hydrogens (tertiary/aromatic N) is 1. The Labute approximate surface area is 99.3 Å². The van der Waals surface area contributed by atoms with Gasteiger partial charge in [0.25, 0.3) is 0 Å². The number of hydrazone groups is 1. The first-order valence-electron chi connectivity index (χ1n) is 4.51. The summed E-state index contributed by atoms with van der Waals surface area (Å²) >= 11 is 10.5. The number of benzene rings is 1. The molecule has 1 rings (SSSR count). The molecule has 5 heteroatoms. The second-order valence-electron chi connectivity index (χ2n) is 2.89. The fraction of sp³-hybridized carbons (Fsp3) is 0.200. The Bertz CT molecular complexity index is 373. The van der Waals surface area contributed by atoms with Crippen molar-refractivity contribution < 1.29 is 0 Å². The molecular formula is C10H12ClN3S. The molecule has 1 aromatic rings. The zero-order valence-electron chi connectivity index (χ0n) is 8.33. The first-order chi connectivity index (χ1) is 7.13. The Balaban J connectivity index is 2.87. The predicted octanol–water partition coefficient (Wildman–Crippen LogP) is 2.29. The van der Waals surface area contributed by atoms with E-state index in [2.05, 4.69) is 22.7 Å². The topological polar surface area (TPSA) is 50.4 Å². The Morgan fingerprint density at radius 2 is 2.07 bits per heavy atom. The molecule has 0 aliphatic carbocycles. The number of nitrogens with two attached hydrogens (primary N) is 1. The molecule has 0 aromatic heterocycles. The highest BCUT2D eigenvalue weighted by atomic mass is 35.5. The van der Waals surface area contributed by atoms with Crippen molar-refractivity contribution in [3.8, 4) is 0 Å². The molecule has 0 radical (unpaired) electrons. The summed E-state index contributed by atoms with van der Waals surface area (Å²) in [6.45, 7) is 2.01. The van der Waals surface area contributed by atoms with Gasteiger partial charge in [-0.1, -0.05) is 30.7 Å². The molecule has 0 saturated heterocycles. The summed E-state index contributed by atoms with van der Waals surface area (Å²) in [6, 6.07) is 7.46. The monoisotopic (exact) mass is 241 g/mol. The molecule has 1 aromatic carbocycles. The van der Waals surface area contributed by atoms with Crippen molar-refractivity contribution in [2.75, 3.05) is 0 Å². The lowest BCUT2D eigenvalue weighted by Gasteiger charge is -2.04. The molecule has 80 valence electrons. The maximum Gasteiger partial charge on any atom is 0.184 e. The van der Waals surface area contributed by atoms with Gasteiger partial charge in [0.15, 0.2) is 5.11 Å². The summed E-state index contributed by atoms with van der Waals surface area (Å²) in [5.74, 6) is 0. The highest BCUT2D eigenvalue weighted by Gasteiger charge is 2.00. The number of rotatable bonds is 3. The minimum Gasteiger partial charge on any atom is -0.375 e. The van der Waals surface area contributed by atoms with Crippen LogP contribution in [-0.2, 0) is 0 Å². The van der Waals surface area contributed by atoms with Crippen LogP contribution in [0.1, 0.15) is 18.9 Å². The third kappa shape index (κ3) is 3.85. The molecule has 0 aliphatic heterocycles. The van der Waals surface area contributed by atoms with Gasteiger partial charge in [0, 0.05) is 5.02 Å². The first kappa shape index (κ1) is 11.9. The maximum absolute atomic E-state index is 5.79. The lowest BCUT2D eigenvalue weighted by molar-refractivity contribution is 1.01. The molecule has 0 amide bonds. The van der Waals surface area contributed by atoms with Crippen LogP contribution in [0.4, 0.5) is 0 Å². The summed E-state index contributed by atoms with van der Waals surface area (Å²) in [4.78, 5) is 0. The van der Waals surface area contributed by atoms with E-state index >= 15 is 0 Å². The summed E-state index contributed by atoms with van der Waals surface area (Å²) in [5, 5.41) is 4.97. The molecule has 3 nitrogen and oxygen atoms in total. The summed E-state index contributed by atoms with van der Waals surface area (Å²) < 4.78 is 0. The molecule has 3 N–H and O–H groups in total. The van der Waals surface area contributed by atoms with E-state index in [-0.39, 0.29) is 5.11 Å². The first-order valence-corrected chi connectivity index (χ1v) is 5.30. The smallest absolute Gasteiger partial charge is 0.184 e. The quantitative estimate of drug-likeness (QED) is 0.485. The molecular weight excluding hydrogens is 230 g/mol. The van der Waals surface area contributed by atoms with Crippen LogP contribution in [0.15, 0.2) is 29.4 Å². The van der Waals surface area contributed by atoms with E-state index in [1.54, 1.807) is 0 Å². The van der Waals surface area contributed by atoms with E-state index in [0.29, 0.717) is 5.02 Å². The van der Waals surface area contributed by atoms with Crippen LogP contribution >= 0.6 is 23.8 Å². The lowest BCUT2D eigenvalue weighted by Crippen LogP contribution is -2.25. The van der Waals surface area contributed by atoms with Crippen molar-refractivity contribution in [1.82, 2.24) is 5.43 Å². The minimum atomic E-state index is 0.162. The summed E-state index contributed by atoms with van der Waals surface area (Å²) in [7, 11) is 0. The molecule has 0 spiro atoms. The van der Waals surface area contributed by atoms with Crippen molar-refractivity contribution in [2.45, 2.75) is 13.3 Å². The van der Waals surface area contributed by atoms with E-state index in [0.717, 1.165) is 17.7 Å². The third-order valence-electron chi connectivity index (χ3n) is 1.81. The van der Waals surface area contributed by atoms with Gasteiger partial charge in [-0.15, -0.1) is 0 Å². The van der Waals surface area contributed by atoms with Gasteiger partial charge in [0.1, 0.15) is 0 Å². The summed E-state index contributed by atoms with van der Waals surface area (Å²) in [5.41, 5.74) is 9.76. The van der Waals surface area contributed by atoms with Crippen LogP contribution < -0.4 is 11.2 Å². The molecule has 0 bridgehead atoms. The summed E-state index contributed by atoms with van der Waals surface area (Å²) in [6.07, 6.45) is 0.789. The molecule has 0 atom stereocenters. The highest BCUT2D eigenvalue weighted by molar-refractivity contribution is 7.80. The Morgan fingerprint density at radius 3 is 2.53 bits per heavy atom. The van der Waals surface area contributed by atoms with Gasteiger partial charge in [0.05, 0.1) is 5.71 Å². The number of nitrogens with one attached hydrogen (secondary N) is 1. The van der Waals surface area contributed by atoms with Gasteiger partial charge in [-0.3, -0.25) is 5.43 Å². The second kappa shape index (κ2) is 5.68. The second-order valence-corrected chi connectivity index (χ2v) is 3.77. The minimum absolute atomic E-state index is 0.162. The van der Waals surface area contributed by atoms with E-state index in [9.17, 15) is 0 Å². The van der Waals surface area contributed by atoms with Crippen LogP contribution in [0.25, 0.3) is 0 Å². The Morgan fingerprint density at radius 1 is 1.47 bits per heavy atom. The van der Waals surface area contributed by atoms with E-state index in [4.69, 9.17) is 17.3 Å². The van der Waals surface area contributed by atoms with Crippen molar-refractivity contribution >= 4 is 34.6 Å². The fourth-order valence-corrected chi connectivity index (χ4v) is 1.28. The third-order valence-corrected chi connectivity index (χ3v) is 2.16. The average molecular weight is 242 g/mol. The van der Waals surface area contributed by atoms with Crippen LogP contribution in [0, 0.1) is 0 Å². The largest absolute Gasteiger partial charge is 0.375 e. The average Bonchev–Trinajstić information content (AvgIpc) is 2.21. The lowest BCUT2D eigenvalue weighted by atomic mass is 10.1. The fourth-order valence-electron chi connectivity index (χ4n) is 1.11. The zero-order chi connectivity index (χ0) is 11.3. The molecule has 0 heterocycles. The standard InChI is InChI=1S/C10H12ClN3S/c1-2-9(13-14-10(12)15)7-3-5-8(11)6-4-7/h3-6H,2H2,1H3,(H3,12,14,15)/b13-9+. The molecule has 0 aliphatic rings. The van der Waals surface area contributed by atoms with Gasteiger partial charge >= 0.3 is 0 Å². The van der Waals surface area contributed by atoms with Crippen molar-refractivity contribution in [2.24, 2.45) is 10.8 Å². The molecule has 0 saturated carbocycles. The molecule has 0 fully saturated rings. The maximum atomic E-state index is 5.79. The van der Waals surface area contributed by atoms with Crippen LogP contribution in [-0.4, -0.2) is 10.8 Å². The van der Waals surface area contributed by atoms with Crippen LogP contribution in [0.3, 0.4) is 0 Å². The van der Waals surface area contributed by atoms with E-state index in [1.165, 1.54) is 0 Å². The molecule has 0 unspecified atom stereocenters. The van der Waals surface area contributed by atoms with Gasteiger partial charge < -0.3 is 5.73 Å². The SMILES string of the molecule is CC/C(=N\NC(N)=S)c1ccc(Cl)cc1. The van der Waals surface area contributed by atoms with Crippen LogP contribution in [0.5, 0.6) is 0 Å². The zero-order valence-corrected chi connectivity index (χ0v) is 9.90. The Kier molecular flexibility index (Phi) is 4.52. The van der Waals surface area contributed by atoms with Crippen molar-refractivity contribution in [1.29, 1.82) is 0 Å². The van der Waals surface area contributed by atoms with Crippen molar-refractivity contribution in [3.05, 3.63) is 34.9 Å². The highest BCUT2D eigenvalue weighted by Crippen LogP contribution is 2.11. The van der Waals surface area contributed by atoms with Crippen molar-refractivity contribution in [3.63, 3.8) is 0 Å². The van der Waals surface area contributed by atoms with Gasteiger partial charge in [-0.05, 0) is 36.3 Å². The number of hydrogen-bond donors (Lipinski definition) is 2. The predicted molar refractivity (Wildman–Crippen MR) is 68.2 cm³/mol. The normalized spacial score (nSPS) is 11.2. The number of halogens is 1. The van der Waals surface area contributed by atoms with Gasteiger partial charge in [0.2, 0.25) is 0 Å². The molecule has 15 heavy (non-hydrogen) atoms. The van der Waals surface area contributed by atoms with Crippen LogP contribution in [0.2, 0.25) is 5.02 Å². The number of hydrogen-bond acceptors (Lipinski definition) is 2. The van der Waals surface area contributed by atoms with E-state index < -0.39 is 0 Å². The number of thiocarbonyl (C=S) groups is 1. The van der Waals surface area contributed by atoms with E-state index in [1.807, 2.05) is 31.2 Å². The van der Waals surface area contributed by atoms with Gasteiger partial charge in [-0.2, -0.15) is 5.10 Å². The Hall–Kier alpha value is -1.13.